The molecule has 3 heterocycles. The molecule has 3 aliphatic heterocycles. The lowest BCUT2D eigenvalue weighted by Crippen LogP contribution is -2.51. The molecular weight excluding hydrogens is 248 g/mol. The van der Waals surface area contributed by atoms with Gasteiger partial charge < -0.3 is 19.6 Å². The molecule has 0 aromatic carbocycles. The fourth-order valence-corrected chi connectivity index (χ4v) is 2.79. The number of carbonyl (C=O) groups is 2. The second kappa shape index (κ2) is 5.00. The smallest absolute Gasteiger partial charge is 0.410 e. The van der Waals surface area contributed by atoms with Crippen molar-refractivity contribution in [1.29, 1.82) is 0 Å². The molecule has 1 N–H and O–H groups in total. The van der Waals surface area contributed by atoms with Gasteiger partial charge in [0.15, 0.2) is 0 Å². The third-order valence-electron chi connectivity index (χ3n) is 3.66. The maximum atomic E-state index is 12.2. The second-order valence-electron chi connectivity index (χ2n) is 6.28. The predicted octanol–water partition coefficient (Wildman–Crippen LogP) is 1.01. The van der Waals surface area contributed by atoms with Crippen molar-refractivity contribution in [2.24, 2.45) is 5.92 Å². The highest BCUT2D eigenvalue weighted by molar-refractivity contribution is 5.74. The Kier molecular flexibility index (Phi) is 3.71. The number of carboxylic acid groups (broad SMARTS) is 1. The average Bonchev–Trinajstić information content (AvgIpc) is 2.57. The van der Waals surface area contributed by atoms with E-state index in [2.05, 4.69) is 4.90 Å². The van der Waals surface area contributed by atoms with E-state index in [1.165, 1.54) is 0 Å². The van der Waals surface area contributed by atoms with Crippen LogP contribution in [-0.2, 0) is 9.53 Å². The van der Waals surface area contributed by atoms with Gasteiger partial charge in [-0.15, -0.1) is 0 Å². The Morgan fingerprint density at radius 2 is 1.89 bits per heavy atom. The van der Waals surface area contributed by atoms with Gasteiger partial charge in [-0.2, -0.15) is 0 Å². The number of aliphatic carboxylic acids is 1. The van der Waals surface area contributed by atoms with Gasteiger partial charge in [0.2, 0.25) is 0 Å². The van der Waals surface area contributed by atoms with Gasteiger partial charge in [-0.1, -0.05) is 0 Å². The number of fused-ring (bicyclic) bond motifs is 4. The molecular formula is C13H22N2O4. The Labute approximate surface area is 113 Å². The van der Waals surface area contributed by atoms with Crippen molar-refractivity contribution < 1.29 is 19.4 Å². The maximum Gasteiger partial charge on any atom is 0.410 e. The summed E-state index contributed by atoms with van der Waals surface area (Å²) in [5.74, 6) is -1.34. The molecule has 19 heavy (non-hydrogen) atoms. The molecule has 0 aliphatic carbocycles. The van der Waals surface area contributed by atoms with Crippen molar-refractivity contribution in [1.82, 2.24) is 9.80 Å². The fourth-order valence-electron chi connectivity index (χ4n) is 2.79. The lowest BCUT2D eigenvalue weighted by atomic mass is 9.92. The third-order valence-corrected chi connectivity index (χ3v) is 3.66. The van der Waals surface area contributed by atoms with Crippen LogP contribution in [0.15, 0.2) is 0 Å². The average molecular weight is 270 g/mol. The van der Waals surface area contributed by atoms with Crippen molar-refractivity contribution in [2.45, 2.75) is 38.8 Å². The molecule has 0 saturated carbocycles. The van der Waals surface area contributed by atoms with Crippen molar-refractivity contribution >= 4 is 12.1 Å². The SMILES string of the molecule is CC(C)(C)OC(=O)N1CCN2CCC1C(C(=O)O)C2. The summed E-state index contributed by atoms with van der Waals surface area (Å²) >= 11 is 0. The fraction of sp³-hybridized carbons (Fsp3) is 0.846. The number of carbonyl (C=O) groups excluding carboxylic acids is 1. The van der Waals surface area contributed by atoms with Crippen molar-refractivity contribution in [2.75, 3.05) is 26.2 Å². The highest BCUT2D eigenvalue weighted by Gasteiger charge is 2.43. The van der Waals surface area contributed by atoms with Crippen molar-refractivity contribution in [3.05, 3.63) is 0 Å². The number of amides is 1. The molecule has 0 spiro atoms. The molecule has 3 fully saturated rings. The summed E-state index contributed by atoms with van der Waals surface area (Å²) in [7, 11) is 0. The van der Waals surface area contributed by atoms with Gasteiger partial charge in [0.25, 0.3) is 0 Å². The first kappa shape index (κ1) is 14.1. The van der Waals surface area contributed by atoms with Crippen LogP contribution in [0.4, 0.5) is 4.79 Å². The topological polar surface area (TPSA) is 70.1 Å². The molecule has 0 radical (unpaired) electrons. The van der Waals surface area contributed by atoms with Gasteiger partial charge in [0.05, 0.1) is 12.0 Å². The van der Waals surface area contributed by atoms with Crippen LogP contribution in [0.1, 0.15) is 27.2 Å². The Balaban J connectivity index is 2.15. The van der Waals surface area contributed by atoms with E-state index in [1.54, 1.807) is 4.90 Å². The molecule has 3 unspecified atom stereocenters. The van der Waals surface area contributed by atoms with Gasteiger partial charge in [-0.05, 0) is 27.2 Å². The minimum Gasteiger partial charge on any atom is -0.481 e. The molecule has 3 rings (SSSR count). The monoisotopic (exact) mass is 270 g/mol. The van der Waals surface area contributed by atoms with E-state index in [0.29, 0.717) is 19.5 Å². The largest absolute Gasteiger partial charge is 0.481 e. The highest BCUT2D eigenvalue weighted by Crippen LogP contribution is 2.27. The first-order valence-corrected chi connectivity index (χ1v) is 6.73. The normalized spacial score (nSPS) is 30.9. The lowest BCUT2D eigenvalue weighted by Gasteiger charge is -2.36. The number of ether oxygens (including phenoxy) is 1. The summed E-state index contributed by atoms with van der Waals surface area (Å²) in [6.07, 6.45) is 0.309. The van der Waals surface area contributed by atoms with Crippen LogP contribution in [0.3, 0.4) is 0 Å². The van der Waals surface area contributed by atoms with Crippen molar-refractivity contribution in [3.8, 4) is 0 Å². The first-order chi connectivity index (χ1) is 8.78. The van der Waals surface area contributed by atoms with E-state index in [4.69, 9.17) is 4.74 Å². The van der Waals surface area contributed by atoms with E-state index < -0.39 is 23.6 Å². The molecule has 2 bridgehead atoms. The molecule has 3 atom stereocenters. The zero-order chi connectivity index (χ0) is 14.2. The minimum atomic E-state index is -0.829. The lowest BCUT2D eigenvalue weighted by molar-refractivity contribution is -0.145. The highest BCUT2D eigenvalue weighted by atomic mass is 16.6. The Bertz CT molecular complexity index is 377. The third kappa shape index (κ3) is 3.18. The quantitative estimate of drug-likeness (QED) is 0.770. The van der Waals surface area contributed by atoms with Gasteiger partial charge >= 0.3 is 12.1 Å². The summed E-state index contributed by atoms with van der Waals surface area (Å²) < 4.78 is 5.39. The summed E-state index contributed by atoms with van der Waals surface area (Å²) in [5.41, 5.74) is -0.555. The summed E-state index contributed by atoms with van der Waals surface area (Å²) in [4.78, 5) is 27.3. The van der Waals surface area contributed by atoms with Gasteiger partial charge in [-0.25, -0.2) is 4.79 Å². The molecule has 0 aromatic rings. The summed E-state index contributed by atoms with van der Waals surface area (Å²) in [5, 5.41) is 9.31. The van der Waals surface area contributed by atoms with E-state index in [-0.39, 0.29) is 6.04 Å². The van der Waals surface area contributed by atoms with Gasteiger partial charge in [-0.3, -0.25) is 4.79 Å². The number of hydrogen-bond acceptors (Lipinski definition) is 4. The molecule has 3 saturated heterocycles. The van der Waals surface area contributed by atoms with E-state index in [9.17, 15) is 14.7 Å². The maximum absolute atomic E-state index is 12.2. The molecule has 6 heteroatoms. The van der Waals surface area contributed by atoms with Gasteiger partial charge in [0, 0.05) is 26.2 Å². The molecule has 108 valence electrons. The van der Waals surface area contributed by atoms with Gasteiger partial charge in [0.1, 0.15) is 5.60 Å². The van der Waals surface area contributed by atoms with E-state index >= 15 is 0 Å². The van der Waals surface area contributed by atoms with Crippen molar-refractivity contribution in [3.63, 3.8) is 0 Å². The number of nitrogens with zero attached hydrogens (tertiary/aromatic N) is 2. The van der Waals surface area contributed by atoms with Crippen LogP contribution in [0.25, 0.3) is 0 Å². The molecule has 1 amide bonds. The molecule has 6 nitrogen and oxygen atoms in total. The number of carboxylic acids is 1. The first-order valence-electron chi connectivity index (χ1n) is 6.73. The Morgan fingerprint density at radius 3 is 2.47 bits per heavy atom. The predicted molar refractivity (Wildman–Crippen MR) is 68.9 cm³/mol. The zero-order valence-corrected chi connectivity index (χ0v) is 11.8. The van der Waals surface area contributed by atoms with Crippen LogP contribution in [0, 0.1) is 5.92 Å². The standard InChI is InChI=1S/C13H22N2O4/c1-13(2,3)19-12(18)15-7-6-14-5-4-10(15)9(8-14)11(16)17/h9-10H,4-8H2,1-3H3,(H,16,17). The van der Waals surface area contributed by atoms with Crippen LogP contribution >= 0.6 is 0 Å². The van der Waals surface area contributed by atoms with Crippen LogP contribution in [0.2, 0.25) is 0 Å². The molecule has 3 aliphatic rings. The van der Waals surface area contributed by atoms with Crippen LogP contribution in [0.5, 0.6) is 0 Å². The number of piperidine rings is 1. The number of hydrogen-bond donors (Lipinski definition) is 1. The van der Waals surface area contributed by atoms with Crippen LogP contribution < -0.4 is 0 Å². The van der Waals surface area contributed by atoms with E-state index in [1.807, 2.05) is 20.8 Å². The van der Waals surface area contributed by atoms with Crippen LogP contribution in [-0.4, -0.2) is 64.8 Å². The zero-order valence-electron chi connectivity index (χ0n) is 11.8. The summed E-state index contributed by atoms with van der Waals surface area (Å²) in [6, 6.07) is -0.244. The Hall–Kier alpha value is -1.30. The van der Waals surface area contributed by atoms with E-state index in [0.717, 1.165) is 13.1 Å². The minimum absolute atomic E-state index is 0.244. The second-order valence-corrected chi connectivity index (χ2v) is 6.28. The summed E-state index contributed by atoms with van der Waals surface area (Å²) in [6.45, 7) is 8.10. The molecule has 0 aromatic heterocycles. The number of rotatable bonds is 1. The Morgan fingerprint density at radius 1 is 1.21 bits per heavy atom.